The first-order valence-electron chi connectivity index (χ1n) is 15.8. The minimum absolute atomic E-state index is 0.0862. The topological polar surface area (TPSA) is 70.6 Å². The molecule has 2 aromatic heterocycles. The second kappa shape index (κ2) is 14.9. The Hall–Kier alpha value is -3.94. The maximum Gasteiger partial charge on any atom is 0.253 e. The number of benzene rings is 2. The second-order valence-corrected chi connectivity index (χ2v) is 12.4. The van der Waals surface area contributed by atoms with E-state index in [1.165, 1.54) is 27.9 Å². The third-order valence-electron chi connectivity index (χ3n) is 9.11. The van der Waals surface area contributed by atoms with Gasteiger partial charge in [0.05, 0.1) is 18.4 Å². The number of likely N-dealkylation sites (tertiary alicyclic amines) is 1. The first kappa shape index (κ1) is 32.5. The Labute approximate surface area is 272 Å². The zero-order chi connectivity index (χ0) is 31.9. The van der Waals surface area contributed by atoms with Gasteiger partial charge in [0.25, 0.3) is 5.91 Å². The van der Waals surface area contributed by atoms with Crippen molar-refractivity contribution in [2.75, 3.05) is 31.6 Å². The molecule has 1 amide bonds. The average molecular weight is 626 g/mol. The minimum Gasteiger partial charge on any atom is -0.497 e. The predicted octanol–water partition coefficient (Wildman–Crippen LogP) is 7.41. The maximum atomic E-state index is 12.9. The van der Waals surface area contributed by atoms with Gasteiger partial charge in [0.1, 0.15) is 10.9 Å². The van der Waals surface area contributed by atoms with Gasteiger partial charge in [-0.1, -0.05) is 41.9 Å². The Kier molecular flexibility index (Phi) is 10.7. The normalized spacial score (nSPS) is 14.6. The van der Waals surface area contributed by atoms with E-state index in [0.29, 0.717) is 35.0 Å². The number of carbonyl (C=O) groups is 1. The van der Waals surface area contributed by atoms with E-state index in [1.54, 1.807) is 13.2 Å². The van der Waals surface area contributed by atoms with Crippen molar-refractivity contribution in [2.45, 2.75) is 65.6 Å². The fraction of sp³-hybridized carbons (Fsp3) is 0.378. The summed E-state index contributed by atoms with van der Waals surface area (Å²) in [5.74, 6) is 0.768. The van der Waals surface area contributed by atoms with E-state index in [2.05, 4.69) is 81.4 Å². The first-order chi connectivity index (χ1) is 21.7. The van der Waals surface area contributed by atoms with Crippen LogP contribution in [0.3, 0.4) is 0 Å². The summed E-state index contributed by atoms with van der Waals surface area (Å²) in [5, 5.41) is 3.52. The van der Waals surface area contributed by atoms with Crippen LogP contribution in [0.4, 0.5) is 5.69 Å². The Balaban J connectivity index is 1.27. The smallest absolute Gasteiger partial charge is 0.253 e. The number of pyridine rings is 2. The predicted molar refractivity (Wildman–Crippen MR) is 183 cm³/mol. The number of halogens is 1. The minimum atomic E-state index is -0.0862. The van der Waals surface area contributed by atoms with E-state index in [4.69, 9.17) is 16.3 Å². The lowest BCUT2D eigenvalue weighted by Crippen LogP contribution is -2.48. The van der Waals surface area contributed by atoms with E-state index in [1.807, 2.05) is 38.4 Å². The Morgan fingerprint density at radius 1 is 1.07 bits per heavy atom. The summed E-state index contributed by atoms with van der Waals surface area (Å²) >= 11 is 6.06. The summed E-state index contributed by atoms with van der Waals surface area (Å²) in [4.78, 5) is 26.8. The van der Waals surface area contributed by atoms with Crippen LogP contribution in [0.2, 0.25) is 5.15 Å². The molecule has 8 heteroatoms. The molecule has 7 nitrogen and oxygen atoms in total. The molecule has 0 aliphatic carbocycles. The SMILES string of the molecule is COc1ccc(-c2ccccc2N(Cc2cnccc2C)C2CCN(C(C)CCNC(=O)c3c(C)cc(Cl)nc3C)CC2)cc1. The van der Waals surface area contributed by atoms with Gasteiger partial charge in [-0.3, -0.25) is 9.78 Å². The number of rotatable bonds is 11. The van der Waals surface area contributed by atoms with Crippen molar-refractivity contribution in [3.8, 4) is 16.9 Å². The summed E-state index contributed by atoms with van der Waals surface area (Å²) < 4.78 is 5.42. The molecule has 4 aromatic rings. The highest BCUT2D eigenvalue weighted by Gasteiger charge is 2.29. The van der Waals surface area contributed by atoms with Gasteiger partial charge in [0.15, 0.2) is 0 Å². The van der Waals surface area contributed by atoms with Crippen molar-refractivity contribution in [3.63, 3.8) is 0 Å². The lowest BCUT2D eigenvalue weighted by Gasteiger charge is -2.42. The van der Waals surface area contributed by atoms with Crippen LogP contribution in [0.5, 0.6) is 5.75 Å². The van der Waals surface area contributed by atoms with Crippen molar-refractivity contribution in [1.82, 2.24) is 20.2 Å². The number of nitrogens with one attached hydrogen (secondary N) is 1. The van der Waals surface area contributed by atoms with Gasteiger partial charge in [0.2, 0.25) is 0 Å². The van der Waals surface area contributed by atoms with E-state index < -0.39 is 0 Å². The Bertz CT molecular complexity index is 1580. The molecular formula is C37H44ClN5O2. The monoisotopic (exact) mass is 625 g/mol. The summed E-state index contributed by atoms with van der Waals surface area (Å²) in [5.41, 5.74) is 8.25. The number of ether oxygens (including phenoxy) is 1. The second-order valence-electron chi connectivity index (χ2n) is 12.1. The molecule has 3 heterocycles. The van der Waals surface area contributed by atoms with Crippen molar-refractivity contribution in [2.24, 2.45) is 0 Å². The molecule has 0 saturated carbocycles. The van der Waals surface area contributed by atoms with Crippen molar-refractivity contribution in [1.29, 1.82) is 0 Å². The number of para-hydroxylation sites is 1. The van der Waals surface area contributed by atoms with Gasteiger partial charge < -0.3 is 19.9 Å². The highest BCUT2D eigenvalue weighted by Crippen LogP contribution is 2.36. The van der Waals surface area contributed by atoms with Gasteiger partial charge in [-0.2, -0.15) is 0 Å². The Morgan fingerprint density at radius 2 is 1.80 bits per heavy atom. The van der Waals surface area contributed by atoms with Gasteiger partial charge in [-0.05, 0) is 99.5 Å². The van der Waals surface area contributed by atoms with Crippen molar-refractivity contribution in [3.05, 3.63) is 106 Å². The van der Waals surface area contributed by atoms with Crippen LogP contribution in [0.25, 0.3) is 11.1 Å². The number of hydrogen-bond donors (Lipinski definition) is 1. The summed E-state index contributed by atoms with van der Waals surface area (Å²) in [6, 6.07) is 21.6. The number of anilines is 1. The molecule has 1 aliphatic heterocycles. The third kappa shape index (κ3) is 7.84. The van der Waals surface area contributed by atoms with Crippen LogP contribution in [-0.2, 0) is 6.54 Å². The quantitative estimate of drug-likeness (QED) is 0.175. The zero-order valence-electron chi connectivity index (χ0n) is 27.0. The molecule has 0 spiro atoms. The molecule has 5 rings (SSSR count). The summed E-state index contributed by atoms with van der Waals surface area (Å²) in [6.07, 6.45) is 6.87. The van der Waals surface area contributed by atoms with E-state index >= 15 is 0 Å². The molecule has 1 unspecified atom stereocenters. The molecular weight excluding hydrogens is 582 g/mol. The largest absolute Gasteiger partial charge is 0.497 e. The molecule has 0 radical (unpaired) electrons. The molecule has 1 atom stereocenters. The highest BCUT2D eigenvalue weighted by molar-refractivity contribution is 6.29. The number of hydrogen-bond acceptors (Lipinski definition) is 6. The Morgan fingerprint density at radius 3 is 2.49 bits per heavy atom. The number of piperidine rings is 1. The first-order valence-corrected chi connectivity index (χ1v) is 16.2. The van der Waals surface area contributed by atoms with Crippen LogP contribution < -0.4 is 15.0 Å². The summed E-state index contributed by atoms with van der Waals surface area (Å²) in [7, 11) is 1.70. The molecule has 236 valence electrons. The standard InChI is InChI=1S/C37H44ClN5O2/c1-25-14-18-39-23-30(25)24-43(34-9-7-6-8-33(34)29-10-12-32(45-5)13-11-29)31-16-20-42(21-17-31)27(3)15-19-40-37(44)36-26(2)22-35(38)41-28(36)4/h6-14,18,22-23,27,31H,15-17,19-21,24H2,1-5H3,(H,40,44). The number of methoxy groups -OCH3 is 1. The lowest BCUT2D eigenvalue weighted by molar-refractivity contribution is 0.0943. The van der Waals surface area contributed by atoms with Crippen molar-refractivity contribution >= 4 is 23.2 Å². The van der Waals surface area contributed by atoms with Gasteiger partial charge >= 0.3 is 0 Å². The third-order valence-corrected chi connectivity index (χ3v) is 9.30. The summed E-state index contributed by atoms with van der Waals surface area (Å²) in [6.45, 7) is 11.6. The molecule has 1 N–H and O–H groups in total. The fourth-order valence-electron chi connectivity index (χ4n) is 6.43. The number of aromatic nitrogens is 2. The number of amides is 1. The highest BCUT2D eigenvalue weighted by atomic mass is 35.5. The van der Waals surface area contributed by atoms with Crippen LogP contribution >= 0.6 is 11.6 Å². The molecule has 1 fully saturated rings. The van der Waals surface area contributed by atoms with Gasteiger partial charge in [0, 0.05) is 61.9 Å². The number of carbonyl (C=O) groups excluding carboxylic acids is 1. The number of nitrogens with zero attached hydrogens (tertiary/aromatic N) is 4. The fourth-order valence-corrected chi connectivity index (χ4v) is 6.72. The van der Waals surface area contributed by atoms with E-state index in [-0.39, 0.29) is 5.91 Å². The molecule has 45 heavy (non-hydrogen) atoms. The van der Waals surface area contributed by atoms with Crippen LogP contribution in [0, 0.1) is 20.8 Å². The molecule has 2 aromatic carbocycles. The van der Waals surface area contributed by atoms with Crippen LogP contribution in [-0.4, -0.2) is 59.6 Å². The van der Waals surface area contributed by atoms with Crippen molar-refractivity contribution < 1.29 is 9.53 Å². The van der Waals surface area contributed by atoms with Gasteiger partial charge in [-0.15, -0.1) is 0 Å². The van der Waals surface area contributed by atoms with E-state index in [0.717, 1.165) is 50.2 Å². The van der Waals surface area contributed by atoms with Crippen LogP contribution in [0.15, 0.2) is 73.1 Å². The van der Waals surface area contributed by atoms with E-state index in [9.17, 15) is 4.79 Å². The average Bonchev–Trinajstić information content (AvgIpc) is 3.04. The number of aryl methyl sites for hydroxylation is 3. The zero-order valence-corrected chi connectivity index (χ0v) is 27.8. The van der Waals surface area contributed by atoms with Crippen LogP contribution in [0.1, 0.15) is 58.9 Å². The molecule has 0 bridgehead atoms. The molecule has 1 saturated heterocycles. The van der Waals surface area contributed by atoms with Gasteiger partial charge in [-0.25, -0.2) is 4.98 Å². The lowest BCUT2D eigenvalue weighted by atomic mass is 9.96. The maximum absolute atomic E-state index is 12.9. The molecule has 1 aliphatic rings.